The van der Waals surface area contributed by atoms with Crippen LogP contribution in [0.3, 0.4) is 0 Å². The third-order valence-electron chi connectivity index (χ3n) is 3.17. The second-order valence-corrected chi connectivity index (χ2v) is 4.61. The molecule has 1 aliphatic carbocycles. The second-order valence-electron chi connectivity index (χ2n) is 4.61. The molecule has 1 aliphatic rings. The summed E-state index contributed by atoms with van der Waals surface area (Å²) in [7, 11) is 0. The van der Waals surface area contributed by atoms with Gasteiger partial charge >= 0.3 is 0 Å². The lowest BCUT2D eigenvalue weighted by atomic mass is 10.0. The van der Waals surface area contributed by atoms with Crippen molar-refractivity contribution in [3.63, 3.8) is 0 Å². The molecule has 0 heterocycles. The summed E-state index contributed by atoms with van der Waals surface area (Å²) in [5.41, 5.74) is 3.23. The number of carbonyl (C=O) groups excluding carboxylic acids is 1. The molecule has 3 nitrogen and oxygen atoms in total. The molecule has 0 radical (unpaired) electrons. The number of amides is 1. The van der Waals surface area contributed by atoms with Crippen molar-refractivity contribution >= 4 is 12.6 Å². The Balaban J connectivity index is 2.20. The molecule has 0 bridgehead atoms. The minimum Gasteiger partial charge on any atom is -0.324 e. The van der Waals surface area contributed by atoms with Gasteiger partial charge in [0.05, 0.1) is 5.70 Å². The number of hydrogen-bond donors (Lipinski definition) is 1. The summed E-state index contributed by atoms with van der Waals surface area (Å²) in [6, 6.07) is 9.14. The average molecular weight is 266 g/mol. The molecule has 0 saturated carbocycles. The number of carbonyl (C=O) groups is 1. The molecule has 0 aliphatic heterocycles. The third kappa shape index (κ3) is 3.32. The Labute approximate surface area is 119 Å². The van der Waals surface area contributed by atoms with E-state index in [0.29, 0.717) is 5.56 Å². The Morgan fingerprint density at radius 3 is 2.65 bits per heavy atom. The standard InChI is InChI=1S/C17H18N2O/c1-13(16(18-2)14-9-5-3-6-10-14)19-17(20)15-11-7-4-8-12-15/h3-5,7-9,11-12H,2,6,10H2,1H3,(H,19,20)/b16-13+. The van der Waals surface area contributed by atoms with Crippen LogP contribution >= 0.6 is 0 Å². The smallest absolute Gasteiger partial charge is 0.255 e. The van der Waals surface area contributed by atoms with E-state index in [1.54, 1.807) is 12.1 Å². The van der Waals surface area contributed by atoms with Crippen molar-refractivity contribution in [1.29, 1.82) is 0 Å². The molecule has 1 amide bonds. The largest absolute Gasteiger partial charge is 0.324 e. The molecule has 0 fully saturated rings. The topological polar surface area (TPSA) is 41.5 Å². The Morgan fingerprint density at radius 2 is 2.05 bits per heavy atom. The van der Waals surface area contributed by atoms with Gasteiger partial charge in [-0.05, 0) is 44.2 Å². The number of nitrogens with one attached hydrogen (secondary N) is 1. The molecule has 0 spiro atoms. The highest BCUT2D eigenvalue weighted by Crippen LogP contribution is 2.23. The summed E-state index contributed by atoms with van der Waals surface area (Å²) < 4.78 is 0. The molecule has 1 aromatic carbocycles. The van der Waals surface area contributed by atoms with E-state index in [4.69, 9.17) is 0 Å². The molecule has 1 aromatic rings. The van der Waals surface area contributed by atoms with Gasteiger partial charge in [0.15, 0.2) is 0 Å². The molecule has 0 unspecified atom stereocenters. The summed E-state index contributed by atoms with van der Waals surface area (Å²) in [6.07, 6.45) is 8.05. The maximum atomic E-state index is 12.1. The maximum absolute atomic E-state index is 12.1. The van der Waals surface area contributed by atoms with Gasteiger partial charge in [0.25, 0.3) is 5.91 Å². The van der Waals surface area contributed by atoms with Crippen molar-refractivity contribution < 1.29 is 4.79 Å². The van der Waals surface area contributed by atoms with Crippen LogP contribution in [0.25, 0.3) is 0 Å². The highest BCUT2D eigenvalue weighted by atomic mass is 16.1. The number of benzene rings is 1. The Kier molecular flexibility index (Phi) is 4.66. The number of allylic oxidation sites excluding steroid dienone is 5. The highest BCUT2D eigenvalue weighted by Gasteiger charge is 2.11. The van der Waals surface area contributed by atoms with E-state index in [1.165, 1.54) is 0 Å². The predicted octanol–water partition coefficient (Wildman–Crippen LogP) is 3.62. The second kappa shape index (κ2) is 6.66. The summed E-state index contributed by atoms with van der Waals surface area (Å²) in [5.74, 6) is -0.129. The number of hydrogen-bond acceptors (Lipinski definition) is 2. The van der Waals surface area contributed by atoms with Crippen molar-refractivity contribution in [1.82, 2.24) is 5.32 Å². The summed E-state index contributed by atoms with van der Waals surface area (Å²) >= 11 is 0. The van der Waals surface area contributed by atoms with Gasteiger partial charge in [0.2, 0.25) is 0 Å². The maximum Gasteiger partial charge on any atom is 0.255 e. The van der Waals surface area contributed by atoms with E-state index >= 15 is 0 Å². The van der Waals surface area contributed by atoms with E-state index in [-0.39, 0.29) is 5.91 Å². The number of aliphatic imine (C=N–C) groups is 1. The minimum absolute atomic E-state index is 0.129. The van der Waals surface area contributed by atoms with Gasteiger partial charge in [0, 0.05) is 11.3 Å². The van der Waals surface area contributed by atoms with E-state index < -0.39 is 0 Å². The molecule has 1 N–H and O–H groups in total. The van der Waals surface area contributed by atoms with Gasteiger partial charge in [-0.3, -0.25) is 9.79 Å². The van der Waals surface area contributed by atoms with Crippen LogP contribution in [-0.4, -0.2) is 12.6 Å². The monoisotopic (exact) mass is 266 g/mol. The van der Waals surface area contributed by atoms with E-state index in [2.05, 4.69) is 23.1 Å². The molecule has 0 aromatic heterocycles. The van der Waals surface area contributed by atoms with Crippen LogP contribution in [0.1, 0.15) is 30.1 Å². The van der Waals surface area contributed by atoms with E-state index in [1.807, 2.05) is 37.3 Å². The Hall–Kier alpha value is -2.42. The van der Waals surface area contributed by atoms with Crippen LogP contribution < -0.4 is 5.32 Å². The first kappa shape index (κ1) is 14.0. The molecule has 0 saturated heterocycles. The summed E-state index contributed by atoms with van der Waals surface area (Å²) in [4.78, 5) is 16.2. The van der Waals surface area contributed by atoms with Crippen LogP contribution in [0.4, 0.5) is 0 Å². The number of nitrogens with zero attached hydrogens (tertiary/aromatic N) is 1. The fourth-order valence-corrected chi connectivity index (χ4v) is 2.15. The van der Waals surface area contributed by atoms with Gasteiger partial charge in [0.1, 0.15) is 0 Å². The van der Waals surface area contributed by atoms with Crippen LogP contribution in [0, 0.1) is 0 Å². The Morgan fingerprint density at radius 1 is 1.30 bits per heavy atom. The van der Waals surface area contributed by atoms with Crippen LogP contribution in [-0.2, 0) is 0 Å². The minimum atomic E-state index is -0.129. The zero-order valence-electron chi connectivity index (χ0n) is 11.6. The normalized spacial score (nSPS) is 15.2. The van der Waals surface area contributed by atoms with Gasteiger partial charge in [-0.1, -0.05) is 36.4 Å². The summed E-state index contributed by atoms with van der Waals surface area (Å²) in [5, 5.41) is 2.89. The van der Waals surface area contributed by atoms with Gasteiger partial charge in [-0.25, -0.2) is 0 Å². The SMILES string of the molecule is C=N/C(C1=CC=CCC1)=C(\C)NC(=O)c1ccccc1. The zero-order chi connectivity index (χ0) is 14.4. The molecule has 2 rings (SSSR count). The number of rotatable bonds is 4. The van der Waals surface area contributed by atoms with Gasteiger partial charge in [-0.15, -0.1) is 0 Å². The Bertz CT molecular complexity index is 595. The van der Waals surface area contributed by atoms with Crippen molar-refractivity contribution in [2.24, 2.45) is 4.99 Å². The average Bonchev–Trinajstić information content (AvgIpc) is 2.50. The fraction of sp³-hybridized carbons (Fsp3) is 0.176. The van der Waals surface area contributed by atoms with Gasteiger partial charge in [-0.2, -0.15) is 0 Å². The third-order valence-corrected chi connectivity index (χ3v) is 3.17. The lowest BCUT2D eigenvalue weighted by Gasteiger charge is -2.14. The van der Waals surface area contributed by atoms with E-state index in [9.17, 15) is 4.79 Å². The van der Waals surface area contributed by atoms with E-state index in [0.717, 1.165) is 29.8 Å². The molecule has 102 valence electrons. The highest BCUT2D eigenvalue weighted by molar-refractivity contribution is 5.95. The lowest BCUT2D eigenvalue weighted by Crippen LogP contribution is -2.22. The van der Waals surface area contributed by atoms with Gasteiger partial charge < -0.3 is 5.32 Å². The first-order valence-corrected chi connectivity index (χ1v) is 6.62. The van der Waals surface area contributed by atoms with Crippen molar-refractivity contribution in [2.75, 3.05) is 0 Å². The van der Waals surface area contributed by atoms with Crippen molar-refractivity contribution in [2.45, 2.75) is 19.8 Å². The quantitative estimate of drug-likeness (QED) is 0.831. The first-order valence-electron chi connectivity index (χ1n) is 6.62. The van der Waals surface area contributed by atoms with Crippen LogP contribution in [0.2, 0.25) is 0 Å². The fourth-order valence-electron chi connectivity index (χ4n) is 2.15. The molecular formula is C17H18N2O. The molecule has 0 atom stereocenters. The van der Waals surface area contributed by atoms with Crippen molar-refractivity contribution in [3.05, 3.63) is 71.1 Å². The van der Waals surface area contributed by atoms with Crippen LogP contribution in [0.15, 0.2) is 70.5 Å². The summed E-state index contributed by atoms with van der Waals surface area (Å²) in [6.45, 7) is 5.46. The predicted molar refractivity (Wildman–Crippen MR) is 82.6 cm³/mol. The molecular weight excluding hydrogens is 248 g/mol. The van der Waals surface area contributed by atoms with Crippen molar-refractivity contribution in [3.8, 4) is 0 Å². The zero-order valence-corrected chi connectivity index (χ0v) is 11.6. The molecule has 20 heavy (non-hydrogen) atoms. The first-order chi connectivity index (χ1) is 9.72. The lowest BCUT2D eigenvalue weighted by molar-refractivity contribution is 0.0965. The van der Waals surface area contributed by atoms with Crippen LogP contribution in [0.5, 0.6) is 0 Å². The molecule has 3 heteroatoms.